The Labute approximate surface area is 152 Å². The second kappa shape index (κ2) is 8.36. The summed E-state index contributed by atoms with van der Waals surface area (Å²) in [5, 5.41) is 3.01. The van der Waals surface area contributed by atoms with E-state index in [9.17, 15) is 13.2 Å². The normalized spacial score (nSPS) is 11.2. The summed E-state index contributed by atoms with van der Waals surface area (Å²) < 4.78 is 29.8. The smallest absolute Gasteiger partial charge is 0.239 e. The van der Waals surface area contributed by atoms with Crippen LogP contribution in [0.2, 0.25) is 5.02 Å². The predicted molar refractivity (Wildman–Crippen MR) is 99.9 cm³/mol. The summed E-state index contributed by atoms with van der Waals surface area (Å²) >= 11 is 5.91. The van der Waals surface area contributed by atoms with Gasteiger partial charge in [-0.1, -0.05) is 30.7 Å². The number of nitrogens with one attached hydrogen (secondary N) is 1. The standard InChI is InChI=1S/C18H20ClNO4S/c1-3-13-4-7-16(8-5-13)20-18(21)12-25(22,23)11-14-10-15(19)6-9-17(14)24-2/h4-10H,3,11-12H2,1-2H3,(H,20,21). The number of benzene rings is 2. The molecule has 0 fully saturated rings. The molecule has 0 saturated heterocycles. The number of aryl methyl sites for hydroxylation is 1. The minimum absolute atomic E-state index is 0.321. The van der Waals surface area contributed by atoms with Crippen molar-refractivity contribution >= 4 is 33.0 Å². The second-order valence-electron chi connectivity index (χ2n) is 5.59. The van der Waals surface area contributed by atoms with Crippen molar-refractivity contribution < 1.29 is 17.9 Å². The number of sulfone groups is 1. The van der Waals surface area contributed by atoms with Gasteiger partial charge < -0.3 is 10.1 Å². The minimum Gasteiger partial charge on any atom is -0.496 e. The molecule has 0 aliphatic heterocycles. The van der Waals surface area contributed by atoms with Crippen molar-refractivity contribution in [3.05, 3.63) is 58.6 Å². The van der Waals surface area contributed by atoms with Gasteiger partial charge in [-0.2, -0.15) is 0 Å². The average Bonchev–Trinajstić information content (AvgIpc) is 2.54. The predicted octanol–water partition coefficient (Wildman–Crippen LogP) is 3.46. The van der Waals surface area contributed by atoms with Crippen LogP contribution in [-0.4, -0.2) is 27.2 Å². The lowest BCUT2D eigenvalue weighted by Gasteiger charge is -2.10. The number of rotatable bonds is 7. The Kier molecular flexibility index (Phi) is 6.45. The molecule has 0 unspecified atom stereocenters. The summed E-state index contributed by atoms with van der Waals surface area (Å²) in [6.45, 7) is 2.03. The van der Waals surface area contributed by atoms with Crippen molar-refractivity contribution in [1.29, 1.82) is 0 Å². The van der Waals surface area contributed by atoms with Crippen molar-refractivity contribution in [2.45, 2.75) is 19.1 Å². The summed E-state index contributed by atoms with van der Waals surface area (Å²) in [5.41, 5.74) is 2.13. The molecule has 0 aliphatic carbocycles. The number of carbonyl (C=O) groups is 1. The summed E-state index contributed by atoms with van der Waals surface area (Å²) in [4.78, 5) is 12.0. The van der Waals surface area contributed by atoms with E-state index < -0.39 is 21.5 Å². The quantitative estimate of drug-likeness (QED) is 0.797. The van der Waals surface area contributed by atoms with Crippen LogP contribution in [0, 0.1) is 0 Å². The Bertz CT molecular complexity index is 848. The Morgan fingerprint density at radius 1 is 1.16 bits per heavy atom. The first kappa shape index (κ1) is 19.3. The zero-order chi connectivity index (χ0) is 18.4. The molecule has 0 heterocycles. The van der Waals surface area contributed by atoms with E-state index in [4.69, 9.17) is 16.3 Å². The number of carbonyl (C=O) groups excluding carboxylic acids is 1. The third-order valence-electron chi connectivity index (χ3n) is 3.61. The summed E-state index contributed by atoms with van der Waals surface area (Å²) in [7, 11) is -2.22. The maximum atomic E-state index is 12.3. The number of methoxy groups -OCH3 is 1. The van der Waals surface area contributed by atoms with E-state index in [1.165, 1.54) is 13.2 Å². The zero-order valence-electron chi connectivity index (χ0n) is 14.1. The van der Waals surface area contributed by atoms with Gasteiger partial charge in [-0.05, 0) is 42.3 Å². The molecule has 1 amide bonds. The van der Waals surface area contributed by atoms with Gasteiger partial charge in [-0.25, -0.2) is 8.42 Å². The minimum atomic E-state index is -3.67. The molecule has 5 nitrogen and oxygen atoms in total. The van der Waals surface area contributed by atoms with Crippen LogP contribution in [0.3, 0.4) is 0 Å². The zero-order valence-corrected chi connectivity index (χ0v) is 15.7. The fraction of sp³-hybridized carbons (Fsp3) is 0.278. The molecule has 0 radical (unpaired) electrons. The third-order valence-corrected chi connectivity index (χ3v) is 5.30. The van der Waals surface area contributed by atoms with Gasteiger partial charge in [-0.3, -0.25) is 4.79 Å². The van der Waals surface area contributed by atoms with E-state index in [0.29, 0.717) is 22.0 Å². The van der Waals surface area contributed by atoms with Gasteiger partial charge in [0.25, 0.3) is 0 Å². The highest BCUT2D eigenvalue weighted by molar-refractivity contribution is 7.91. The molecule has 1 N–H and O–H groups in total. The van der Waals surface area contributed by atoms with Crippen LogP contribution < -0.4 is 10.1 Å². The first-order valence-electron chi connectivity index (χ1n) is 7.74. The summed E-state index contributed by atoms with van der Waals surface area (Å²) in [6, 6.07) is 12.0. The molecular formula is C18H20ClNO4S. The van der Waals surface area contributed by atoms with Crippen LogP contribution in [0.5, 0.6) is 5.75 Å². The number of anilines is 1. The van der Waals surface area contributed by atoms with Crippen molar-refractivity contribution in [3.63, 3.8) is 0 Å². The number of hydrogen-bond acceptors (Lipinski definition) is 4. The molecule has 0 bridgehead atoms. The van der Waals surface area contributed by atoms with Crippen LogP contribution in [-0.2, 0) is 26.8 Å². The van der Waals surface area contributed by atoms with Gasteiger partial charge in [0.05, 0.1) is 12.9 Å². The highest BCUT2D eigenvalue weighted by atomic mass is 35.5. The molecule has 2 aromatic rings. The van der Waals surface area contributed by atoms with Crippen molar-refractivity contribution in [3.8, 4) is 5.75 Å². The Balaban J connectivity index is 2.05. The van der Waals surface area contributed by atoms with Crippen LogP contribution in [0.4, 0.5) is 5.69 Å². The Morgan fingerprint density at radius 2 is 1.84 bits per heavy atom. The fourth-order valence-corrected chi connectivity index (χ4v) is 3.84. The molecule has 25 heavy (non-hydrogen) atoms. The van der Waals surface area contributed by atoms with Gasteiger partial charge in [0.15, 0.2) is 9.84 Å². The van der Waals surface area contributed by atoms with E-state index in [0.717, 1.165) is 12.0 Å². The van der Waals surface area contributed by atoms with Crippen LogP contribution in [0.15, 0.2) is 42.5 Å². The molecular weight excluding hydrogens is 362 g/mol. The average molecular weight is 382 g/mol. The Hall–Kier alpha value is -2.05. The van der Waals surface area contributed by atoms with Gasteiger partial charge in [0.1, 0.15) is 11.5 Å². The Morgan fingerprint density at radius 3 is 2.44 bits per heavy atom. The molecule has 2 rings (SSSR count). The number of hydrogen-bond donors (Lipinski definition) is 1. The monoisotopic (exact) mass is 381 g/mol. The van der Waals surface area contributed by atoms with Crippen LogP contribution in [0.1, 0.15) is 18.1 Å². The van der Waals surface area contributed by atoms with E-state index >= 15 is 0 Å². The number of ether oxygens (including phenoxy) is 1. The van der Waals surface area contributed by atoms with Gasteiger partial charge >= 0.3 is 0 Å². The number of amides is 1. The lowest BCUT2D eigenvalue weighted by atomic mass is 10.1. The van der Waals surface area contributed by atoms with Gasteiger partial charge in [-0.15, -0.1) is 0 Å². The molecule has 134 valence electrons. The van der Waals surface area contributed by atoms with Crippen LogP contribution >= 0.6 is 11.6 Å². The van der Waals surface area contributed by atoms with Crippen molar-refractivity contribution in [1.82, 2.24) is 0 Å². The third kappa shape index (κ3) is 5.76. The highest BCUT2D eigenvalue weighted by Gasteiger charge is 2.20. The van der Waals surface area contributed by atoms with E-state index in [-0.39, 0.29) is 5.75 Å². The summed E-state index contributed by atoms with van der Waals surface area (Å²) in [5.74, 6) is -1.09. The van der Waals surface area contributed by atoms with Crippen LogP contribution in [0.25, 0.3) is 0 Å². The molecule has 0 atom stereocenters. The molecule has 0 spiro atoms. The van der Waals surface area contributed by atoms with E-state index in [2.05, 4.69) is 5.32 Å². The maximum absolute atomic E-state index is 12.3. The fourth-order valence-electron chi connectivity index (χ4n) is 2.37. The van der Waals surface area contributed by atoms with Crippen molar-refractivity contribution in [2.24, 2.45) is 0 Å². The largest absolute Gasteiger partial charge is 0.496 e. The molecule has 2 aromatic carbocycles. The topological polar surface area (TPSA) is 72.5 Å². The molecule has 7 heteroatoms. The first-order chi connectivity index (χ1) is 11.8. The highest BCUT2D eigenvalue weighted by Crippen LogP contribution is 2.24. The van der Waals surface area contributed by atoms with Gasteiger partial charge in [0.2, 0.25) is 5.91 Å². The lowest BCUT2D eigenvalue weighted by Crippen LogP contribution is -2.24. The van der Waals surface area contributed by atoms with Gasteiger partial charge in [0, 0.05) is 16.3 Å². The maximum Gasteiger partial charge on any atom is 0.239 e. The van der Waals surface area contributed by atoms with Crippen molar-refractivity contribution in [2.75, 3.05) is 18.2 Å². The SMILES string of the molecule is CCc1ccc(NC(=O)CS(=O)(=O)Cc2cc(Cl)ccc2OC)cc1. The van der Waals surface area contributed by atoms with E-state index in [1.54, 1.807) is 24.3 Å². The second-order valence-corrected chi connectivity index (χ2v) is 8.09. The molecule has 0 saturated carbocycles. The molecule has 0 aromatic heterocycles. The summed E-state index contributed by atoms with van der Waals surface area (Å²) in [6.07, 6.45) is 0.893. The first-order valence-corrected chi connectivity index (χ1v) is 9.94. The molecule has 0 aliphatic rings. The lowest BCUT2D eigenvalue weighted by molar-refractivity contribution is -0.113. The number of halogens is 1. The van der Waals surface area contributed by atoms with E-state index in [1.807, 2.05) is 19.1 Å².